The fraction of sp³-hybridized carbons (Fsp3) is 0.400. The molecule has 1 rings (SSSR count). The second kappa shape index (κ2) is 5.04. The van der Waals surface area contributed by atoms with Crippen LogP contribution in [0.5, 0.6) is 0 Å². The van der Waals surface area contributed by atoms with Gasteiger partial charge >= 0.3 is 0 Å². The number of halogens is 2. The second-order valence-electron chi connectivity index (χ2n) is 2.99. The Hall–Kier alpha value is 0.0169. The fourth-order valence-corrected chi connectivity index (χ4v) is 2.04. The first-order chi connectivity index (χ1) is 6.16. The molecule has 3 radical (unpaired) electrons. The van der Waals surface area contributed by atoms with E-state index in [1.165, 1.54) is 0 Å². The molecule has 0 saturated carbocycles. The molecule has 13 heavy (non-hydrogen) atoms. The molecule has 69 valence electrons. The van der Waals surface area contributed by atoms with Crippen molar-refractivity contribution < 1.29 is 0 Å². The van der Waals surface area contributed by atoms with Gasteiger partial charge in [-0.15, -0.1) is 0 Å². The van der Waals surface area contributed by atoms with Crippen LogP contribution >= 0.6 is 23.2 Å². The quantitative estimate of drug-likeness (QED) is 0.700. The lowest BCUT2D eigenvalue weighted by atomic mass is 10.1. The Bertz CT molecular complexity index is 297. The summed E-state index contributed by atoms with van der Waals surface area (Å²) in [6, 6.07) is 3.75. The zero-order valence-corrected chi connectivity index (χ0v) is 10.0. The zero-order valence-electron chi connectivity index (χ0n) is 7.53. The van der Waals surface area contributed by atoms with Gasteiger partial charge in [-0.3, -0.25) is 0 Å². The Labute approximate surface area is 92.7 Å². The number of hydrogen-bond acceptors (Lipinski definition) is 0. The van der Waals surface area contributed by atoms with Crippen LogP contribution < -0.4 is 5.19 Å². The van der Waals surface area contributed by atoms with E-state index in [-0.39, 0.29) is 0 Å². The standard InChI is InChI=1S/C10H11Cl2Si/c1-2-3-4-7-9(13)6-5-8(11)10(7)12/h5-6H,2-4H2,1H3. The molecule has 0 nitrogen and oxygen atoms in total. The van der Waals surface area contributed by atoms with Gasteiger partial charge in [-0.1, -0.05) is 47.8 Å². The summed E-state index contributed by atoms with van der Waals surface area (Å²) in [5.41, 5.74) is 1.12. The maximum atomic E-state index is 6.07. The minimum atomic E-state index is 0.634. The van der Waals surface area contributed by atoms with E-state index in [1.807, 2.05) is 12.1 Å². The third kappa shape index (κ3) is 2.73. The van der Waals surface area contributed by atoms with E-state index < -0.39 is 0 Å². The maximum Gasteiger partial charge on any atom is 0.0716 e. The summed E-state index contributed by atoms with van der Waals surface area (Å²) in [4.78, 5) is 0. The fourth-order valence-electron chi connectivity index (χ4n) is 1.19. The Morgan fingerprint density at radius 1 is 1.31 bits per heavy atom. The van der Waals surface area contributed by atoms with Crippen LogP contribution in [0.4, 0.5) is 0 Å². The van der Waals surface area contributed by atoms with Crippen molar-refractivity contribution in [3.63, 3.8) is 0 Å². The van der Waals surface area contributed by atoms with Gasteiger partial charge in [0.15, 0.2) is 0 Å². The normalized spacial score (nSPS) is 10.5. The molecule has 0 aliphatic rings. The number of unbranched alkanes of at least 4 members (excludes halogenated alkanes) is 1. The van der Waals surface area contributed by atoms with Crippen molar-refractivity contribution in [1.29, 1.82) is 0 Å². The van der Waals surface area contributed by atoms with Crippen LogP contribution in [0.15, 0.2) is 12.1 Å². The molecule has 3 heteroatoms. The maximum absolute atomic E-state index is 6.07. The number of hydrogen-bond donors (Lipinski definition) is 0. The SMILES string of the molecule is CCCCc1c([Si])ccc(Cl)c1Cl. The van der Waals surface area contributed by atoms with Gasteiger partial charge in [0.1, 0.15) is 0 Å². The topological polar surface area (TPSA) is 0 Å². The molecule has 0 saturated heterocycles. The lowest BCUT2D eigenvalue weighted by Crippen LogP contribution is -2.10. The highest BCUT2D eigenvalue weighted by Crippen LogP contribution is 2.25. The molecular formula is C10H11Cl2Si. The molecule has 0 unspecified atom stereocenters. The van der Waals surface area contributed by atoms with Gasteiger partial charge in [-0.25, -0.2) is 0 Å². The van der Waals surface area contributed by atoms with Crippen molar-refractivity contribution in [2.45, 2.75) is 26.2 Å². The largest absolute Gasteiger partial charge is 0.0827 e. The van der Waals surface area contributed by atoms with Gasteiger partial charge in [0.05, 0.1) is 20.3 Å². The van der Waals surface area contributed by atoms with Crippen LogP contribution in [0.1, 0.15) is 25.3 Å². The van der Waals surface area contributed by atoms with Crippen molar-refractivity contribution in [3.8, 4) is 0 Å². The second-order valence-corrected chi connectivity index (χ2v) is 4.31. The molecule has 0 aliphatic heterocycles. The minimum absolute atomic E-state index is 0.634. The summed E-state index contributed by atoms with van der Waals surface area (Å²) in [6.07, 6.45) is 3.28. The predicted octanol–water partition coefficient (Wildman–Crippen LogP) is 3.13. The van der Waals surface area contributed by atoms with Gasteiger partial charge in [0.25, 0.3) is 0 Å². The average Bonchev–Trinajstić information content (AvgIpc) is 2.12. The molecule has 0 amide bonds. The van der Waals surface area contributed by atoms with Gasteiger partial charge in [0, 0.05) is 0 Å². The number of rotatable bonds is 3. The highest BCUT2D eigenvalue weighted by molar-refractivity contribution is 6.44. The predicted molar refractivity (Wildman–Crippen MR) is 60.5 cm³/mol. The summed E-state index contributed by atoms with van der Waals surface area (Å²) in [5, 5.41) is 2.36. The summed E-state index contributed by atoms with van der Waals surface area (Å²) in [5.74, 6) is 0. The average molecular weight is 230 g/mol. The van der Waals surface area contributed by atoms with Crippen molar-refractivity contribution in [1.82, 2.24) is 0 Å². The van der Waals surface area contributed by atoms with Crippen molar-refractivity contribution in [2.24, 2.45) is 0 Å². The first kappa shape index (κ1) is 11.1. The van der Waals surface area contributed by atoms with E-state index in [1.54, 1.807) is 0 Å². The van der Waals surface area contributed by atoms with Crippen LogP contribution in [-0.4, -0.2) is 10.2 Å². The molecule has 0 fully saturated rings. The minimum Gasteiger partial charge on any atom is -0.0827 e. The van der Waals surface area contributed by atoms with Crippen molar-refractivity contribution in [3.05, 3.63) is 27.7 Å². The van der Waals surface area contributed by atoms with Crippen molar-refractivity contribution in [2.75, 3.05) is 0 Å². The summed E-state index contributed by atoms with van der Waals surface area (Å²) >= 11 is 12.0. The Morgan fingerprint density at radius 2 is 2.00 bits per heavy atom. The zero-order chi connectivity index (χ0) is 9.84. The molecule has 1 aromatic rings. The molecule has 1 aromatic carbocycles. The van der Waals surface area contributed by atoms with Crippen LogP contribution in [0.3, 0.4) is 0 Å². The molecule has 0 N–H and O–H groups in total. The third-order valence-corrected chi connectivity index (χ3v) is 3.29. The molecule has 0 heterocycles. The summed E-state index contributed by atoms with van der Waals surface area (Å²) in [6.45, 7) is 2.16. The lowest BCUT2D eigenvalue weighted by Gasteiger charge is -2.08. The smallest absolute Gasteiger partial charge is 0.0716 e. The monoisotopic (exact) mass is 229 g/mol. The highest BCUT2D eigenvalue weighted by atomic mass is 35.5. The van der Waals surface area contributed by atoms with Gasteiger partial charge in [0.2, 0.25) is 0 Å². The number of benzene rings is 1. The van der Waals surface area contributed by atoms with Crippen LogP contribution in [0.25, 0.3) is 0 Å². The summed E-state index contributed by atoms with van der Waals surface area (Å²) in [7, 11) is 3.52. The lowest BCUT2D eigenvalue weighted by molar-refractivity contribution is 0.798. The van der Waals surface area contributed by atoms with Crippen LogP contribution in [0, 0.1) is 0 Å². The Morgan fingerprint density at radius 3 is 2.62 bits per heavy atom. The van der Waals surface area contributed by atoms with Gasteiger partial charge in [-0.05, 0) is 24.5 Å². The Balaban J connectivity index is 2.96. The van der Waals surface area contributed by atoms with E-state index in [0.717, 1.165) is 30.0 Å². The van der Waals surface area contributed by atoms with E-state index in [0.29, 0.717) is 10.0 Å². The highest BCUT2D eigenvalue weighted by Gasteiger charge is 2.06. The van der Waals surface area contributed by atoms with E-state index in [4.69, 9.17) is 23.2 Å². The van der Waals surface area contributed by atoms with E-state index in [2.05, 4.69) is 17.2 Å². The molecule has 0 aliphatic carbocycles. The third-order valence-electron chi connectivity index (χ3n) is 1.98. The first-order valence-corrected chi connectivity index (χ1v) is 5.61. The molecule has 0 spiro atoms. The van der Waals surface area contributed by atoms with Crippen molar-refractivity contribution >= 4 is 38.6 Å². The van der Waals surface area contributed by atoms with Crippen LogP contribution in [-0.2, 0) is 6.42 Å². The summed E-state index contributed by atoms with van der Waals surface area (Å²) < 4.78 is 0. The van der Waals surface area contributed by atoms with Crippen LogP contribution in [0.2, 0.25) is 10.0 Å². The Kier molecular flexibility index (Phi) is 4.30. The molecule has 0 atom stereocenters. The first-order valence-electron chi connectivity index (χ1n) is 4.35. The molecular weight excluding hydrogens is 219 g/mol. The molecule has 0 aromatic heterocycles. The van der Waals surface area contributed by atoms with Gasteiger partial charge in [-0.2, -0.15) is 0 Å². The molecule has 0 bridgehead atoms. The van der Waals surface area contributed by atoms with Gasteiger partial charge < -0.3 is 0 Å². The van der Waals surface area contributed by atoms with E-state index >= 15 is 0 Å². The van der Waals surface area contributed by atoms with E-state index in [9.17, 15) is 0 Å².